The van der Waals surface area contributed by atoms with Crippen LogP contribution in [0.25, 0.3) is 0 Å². The highest BCUT2D eigenvalue weighted by atomic mass is 35.5. The molecule has 0 atom stereocenters. The fourth-order valence-corrected chi connectivity index (χ4v) is 4.16. The van der Waals surface area contributed by atoms with Crippen LogP contribution in [-0.2, 0) is 6.42 Å². The molecule has 21 heavy (non-hydrogen) atoms. The molecule has 3 nitrogen and oxygen atoms in total. The molecular weight excluding hydrogens is 282 g/mol. The summed E-state index contributed by atoms with van der Waals surface area (Å²) in [5.41, 5.74) is 1.69. The number of hydrogen-bond acceptors (Lipinski definition) is 3. The standard InChI is InChI=1S/C17H26ClN3/c1-3-6-14-19-15(18)13(2)16(20-14)21-11-9-17(10-12-21)7-4-5-8-17/h3-12H2,1-2H3. The van der Waals surface area contributed by atoms with E-state index >= 15 is 0 Å². The minimum Gasteiger partial charge on any atom is -0.356 e. The predicted octanol–water partition coefficient (Wildman–Crippen LogP) is 4.55. The molecule has 1 aromatic rings. The van der Waals surface area contributed by atoms with Crippen LogP contribution in [-0.4, -0.2) is 23.1 Å². The van der Waals surface area contributed by atoms with Gasteiger partial charge in [-0.3, -0.25) is 0 Å². The van der Waals surface area contributed by atoms with E-state index in [-0.39, 0.29) is 0 Å². The lowest BCUT2D eigenvalue weighted by molar-refractivity contribution is 0.226. The summed E-state index contributed by atoms with van der Waals surface area (Å²) in [6.45, 7) is 6.45. The summed E-state index contributed by atoms with van der Waals surface area (Å²) >= 11 is 6.32. The van der Waals surface area contributed by atoms with Crippen molar-refractivity contribution in [1.29, 1.82) is 0 Å². The Hall–Kier alpha value is -0.830. The molecule has 4 heteroatoms. The average Bonchev–Trinajstić information content (AvgIpc) is 2.92. The molecule has 0 bridgehead atoms. The molecule has 1 aliphatic heterocycles. The monoisotopic (exact) mass is 307 g/mol. The molecular formula is C17H26ClN3. The Kier molecular flexibility index (Phi) is 4.39. The summed E-state index contributed by atoms with van der Waals surface area (Å²) < 4.78 is 0. The van der Waals surface area contributed by atoms with Gasteiger partial charge in [0.25, 0.3) is 0 Å². The number of aryl methyl sites for hydroxylation is 1. The van der Waals surface area contributed by atoms with Gasteiger partial charge >= 0.3 is 0 Å². The first kappa shape index (κ1) is 15.1. The molecule has 3 rings (SSSR count). The van der Waals surface area contributed by atoms with Gasteiger partial charge in [0.2, 0.25) is 0 Å². The van der Waals surface area contributed by atoms with Gasteiger partial charge in [0.1, 0.15) is 16.8 Å². The van der Waals surface area contributed by atoms with Crippen molar-refractivity contribution in [3.05, 3.63) is 16.5 Å². The van der Waals surface area contributed by atoms with Crippen LogP contribution in [0, 0.1) is 12.3 Å². The second-order valence-corrected chi connectivity index (χ2v) is 7.18. The number of rotatable bonds is 3. The quantitative estimate of drug-likeness (QED) is 0.767. The van der Waals surface area contributed by atoms with E-state index in [9.17, 15) is 0 Å². The fourth-order valence-electron chi connectivity index (χ4n) is 3.98. The highest BCUT2D eigenvalue weighted by Gasteiger charge is 2.37. The molecule has 1 saturated heterocycles. The van der Waals surface area contributed by atoms with E-state index in [1.807, 2.05) is 6.92 Å². The maximum absolute atomic E-state index is 6.32. The molecule has 2 fully saturated rings. The zero-order chi connectivity index (χ0) is 14.9. The zero-order valence-electron chi connectivity index (χ0n) is 13.3. The molecule has 1 spiro atoms. The number of hydrogen-bond donors (Lipinski definition) is 0. The van der Waals surface area contributed by atoms with Crippen LogP contribution in [0.2, 0.25) is 5.15 Å². The van der Waals surface area contributed by atoms with Gasteiger partial charge in [-0.2, -0.15) is 0 Å². The Morgan fingerprint density at radius 2 is 1.76 bits per heavy atom. The van der Waals surface area contributed by atoms with Crippen molar-refractivity contribution >= 4 is 17.4 Å². The second-order valence-electron chi connectivity index (χ2n) is 6.82. The van der Waals surface area contributed by atoms with Gasteiger partial charge in [-0.25, -0.2) is 9.97 Å². The summed E-state index contributed by atoms with van der Waals surface area (Å²) in [5, 5.41) is 0.629. The summed E-state index contributed by atoms with van der Waals surface area (Å²) in [7, 11) is 0. The predicted molar refractivity (Wildman–Crippen MR) is 88.1 cm³/mol. The van der Waals surface area contributed by atoms with Gasteiger partial charge in [-0.1, -0.05) is 31.4 Å². The van der Waals surface area contributed by atoms with E-state index in [1.165, 1.54) is 38.5 Å². The topological polar surface area (TPSA) is 29.0 Å². The molecule has 1 aromatic heterocycles. The van der Waals surface area contributed by atoms with Crippen LogP contribution in [0.5, 0.6) is 0 Å². The van der Waals surface area contributed by atoms with E-state index in [0.717, 1.165) is 43.1 Å². The summed E-state index contributed by atoms with van der Waals surface area (Å²) in [4.78, 5) is 11.6. The Morgan fingerprint density at radius 3 is 2.38 bits per heavy atom. The van der Waals surface area contributed by atoms with Gasteiger partial charge in [-0.05, 0) is 44.4 Å². The molecule has 0 unspecified atom stereocenters. The third kappa shape index (κ3) is 3.03. The first-order valence-corrected chi connectivity index (χ1v) is 8.79. The Labute approximate surface area is 133 Å². The molecule has 0 amide bonds. The van der Waals surface area contributed by atoms with Crippen molar-refractivity contribution in [1.82, 2.24) is 9.97 Å². The van der Waals surface area contributed by atoms with Crippen molar-refractivity contribution in [2.45, 2.75) is 65.2 Å². The third-order valence-corrected chi connectivity index (χ3v) is 5.74. The van der Waals surface area contributed by atoms with Gasteiger partial charge < -0.3 is 4.90 Å². The zero-order valence-corrected chi connectivity index (χ0v) is 14.0. The maximum Gasteiger partial charge on any atom is 0.137 e. The van der Waals surface area contributed by atoms with Gasteiger partial charge in [0.05, 0.1) is 0 Å². The largest absolute Gasteiger partial charge is 0.356 e. The summed E-state index contributed by atoms with van der Waals surface area (Å²) in [5.74, 6) is 1.97. The normalized spacial score (nSPS) is 21.2. The van der Waals surface area contributed by atoms with Crippen LogP contribution in [0.4, 0.5) is 5.82 Å². The van der Waals surface area contributed by atoms with Crippen molar-refractivity contribution in [3.63, 3.8) is 0 Å². The van der Waals surface area contributed by atoms with Crippen LogP contribution < -0.4 is 4.90 Å². The number of nitrogens with zero attached hydrogens (tertiary/aromatic N) is 3. The minimum absolute atomic E-state index is 0.629. The SMILES string of the molecule is CCCc1nc(Cl)c(C)c(N2CCC3(CCCC3)CC2)n1. The number of aromatic nitrogens is 2. The van der Waals surface area contributed by atoms with E-state index in [1.54, 1.807) is 0 Å². The Morgan fingerprint density at radius 1 is 1.10 bits per heavy atom. The summed E-state index contributed by atoms with van der Waals surface area (Å²) in [6.07, 6.45) is 10.3. The highest BCUT2D eigenvalue weighted by molar-refractivity contribution is 6.30. The molecule has 0 N–H and O–H groups in total. The third-order valence-electron chi connectivity index (χ3n) is 5.37. The average molecular weight is 308 g/mol. The van der Waals surface area contributed by atoms with Crippen LogP contribution in [0.1, 0.15) is 63.3 Å². The molecule has 0 radical (unpaired) electrons. The molecule has 0 aromatic carbocycles. The number of piperidine rings is 1. The molecule has 2 heterocycles. The number of anilines is 1. The molecule has 1 aliphatic carbocycles. The van der Waals surface area contributed by atoms with Crippen molar-refractivity contribution < 1.29 is 0 Å². The van der Waals surface area contributed by atoms with Crippen molar-refractivity contribution in [3.8, 4) is 0 Å². The first-order chi connectivity index (χ1) is 10.1. The molecule has 116 valence electrons. The van der Waals surface area contributed by atoms with Crippen molar-refractivity contribution in [2.24, 2.45) is 5.41 Å². The molecule has 1 saturated carbocycles. The lowest BCUT2D eigenvalue weighted by Crippen LogP contribution is -2.39. The maximum atomic E-state index is 6.32. The van der Waals surface area contributed by atoms with Crippen molar-refractivity contribution in [2.75, 3.05) is 18.0 Å². The van der Waals surface area contributed by atoms with Gasteiger partial charge in [0, 0.05) is 25.1 Å². The Balaban J connectivity index is 1.78. The van der Waals surface area contributed by atoms with E-state index in [0.29, 0.717) is 10.6 Å². The van der Waals surface area contributed by atoms with E-state index in [4.69, 9.17) is 16.6 Å². The summed E-state index contributed by atoms with van der Waals surface area (Å²) in [6, 6.07) is 0. The fraction of sp³-hybridized carbons (Fsp3) is 0.765. The van der Waals surface area contributed by atoms with Crippen LogP contribution >= 0.6 is 11.6 Å². The molecule has 2 aliphatic rings. The second kappa shape index (κ2) is 6.12. The van der Waals surface area contributed by atoms with E-state index < -0.39 is 0 Å². The lowest BCUT2D eigenvalue weighted by atomic mass is 9.77. The number of halogens is 1. The van der Waals surface area contributed by atoms with Gasteiger partial charge in [-0.15, -0.1) is 0 Å². The van der Waals surface area contributed by atoms with Crippen LogP contribution in [0.15, 0.2) is 0 Å². The Bertz CT molecular complexity index is 499. The smallest absolute Gasteiger partial charge is 0.137 e. The van der Waals surface area contributed by atoms with Crippen LogP contribution in [0.3, 0.4) is 0 Å². The first-order valence-electron chi connectivity index (χ1n) is 8.41. The highest BCUT2D eigenvalue weighted by Crippen LogP contribution is 2.46. The van der Waals surface area contributed by atoms with Gasteiger partial charge in [0.15, 0.2) is 0 Å². The van der Waals surface area contributed by atoms with E-state index in [2.05, 4.69) is 16.8 Å². The lowest BCUT2D eigenvalue weighted by Gasteiger charge is -2.40. The minimum atomic E-state index is 0.629.